The van der Waals surface area contributed by atoms with Crippen molar-refractivity contribution >= 4 is 39.5 Å². The molecular formula is C17H18BrN3O5. The number of methoxy groups -OCH3 is 2. The molecule has 138 valence electrons. The lowest BCUT2D eigenvalue weighted by molar-refractivity contribution is -0.116. The first-order chi connectivity index (χ1) is 12.3. The number of anilines is 1. The van der Waals surface area contributed by atoms with Crippen LogP contribution in [0.3, 0.4) is 0 Å². The normalized spacial score (nSPS) is 10.3. The fourth-order valence-electron chi connectivity index (χ4n) is 2.34. The van der Waals surface area contributed by atoms with Crippen LogP contribution in [0.5, 0.6) is 0 Å². The lowest BCUT2D eigenvalue weighted by Crippen LogP contribution is -2.21. The summed E-state index contributed by atoms with van der Waals surface area (Å²) in [5.74, 6) is -1.62. The molecule has 1 N–H and O–H groups in total. The van der Waals surface area contributed by atoms with Crippen molar-refractivity contribution in [2.75, 3.05) is 19.5 Å². The molecule has 0 spiro atoms. The third-order valence-corrected chi connectivity index (χ3v) is 4.79. The van der Waals surface area contributed by atoms with Gasteiger partial charge in [-0.3, -0.25) is 9.48 Å². The highest BCUT2D eigenvalue weighted by Crippen LogP contribution is 2.20. The molecular weight excluding hydrogens is 406 g/mol. The van der Waals surface area contributed by atoms with E-state index in [2.05, 4.69) is 35.8 Å². The Morgan fingerprint density at radius 3 is 2.04 bits per heavy atom. The topological polar surface area (TPSA) is 99.5 Å². The largest absolute Gasteiger partial charge is 0.465 e. The number of amides is 1. The molecule has 9 heteroatoms. The van der Waals surface area contributed by atoms with Gasteiger partial charge in [0.05, 0.1) is 41.2 Å². The second-order valence-electron chi connectivity index (χ2n) is 5.47. The van der Waals surface area contributed by atoms with Crippen LogP contribution in [0.25, 0.3) is 0 Å². The van der Waals surface area contributed by atoms with Crippen LogP contribution < -0.4 is 5.32 Å². The highest BCUT2D eigenvalue weighted by molar-refractivity contribution is 9.10. The number of hydrogen-bond donors (Lipinski definition) is 1. The van der Waals surface area contributed by atoms with Crippen LogP contribution in [-0.2, 0) is 20.8 Å². The van der Waals surface area contributed by atoms with Gasteiger partial charge in [-0.25, -0.2) is 9.59 Å². The predicted molar refractivity (Wildman–Crippen MR) is 97.2 cm³/mol. The summed E-state index contributed by atoms with van der Waals surface area (Å²) in [6, 6.07) is 4.19. The van der Waals surface area contributed by atoms with Crippen LogP contribution in [0.4, 0.5) is 5.69 Å². The Kier molecular flexibility index (Phi) is 6.14. The first-order valence-corrected chi connectivity index (χ1v) is 8.37. The molecule has 0 radical (unpaired) electrons. The summed E-state index contributed by atoms with van der Waals surface area (Å²) in [7, 11) is 2.46. The molecule has 1 aromatic carbocycles. The Morgan fingerprint density at radius 2 is 1.62 bits per heavy atom. The summed E-state index contributed by atoms with van der Waals surface area (Å²) >= 11 is 3.41. The second-order valence-corrected chi connectivity index (χ2v) is 6.27. The molecule has 8 nitrogen and oxygen atoms in total. The van der Waals surface area contributed by atoms with Crippen LogP contribution in [0.15, 0.2) is 22.7 Å². The second kappa shape index (κ2) is 8.13. The number of carbonyl (C=O) groups is 3. The highest BCUT2D eigenvalue weighted by Gasteiger charge is 2.16. The maximum absolute atomic E-state index is 12.3. The minimum absolute atomic E-state index is 0.0196. The van der Waals surface area contributed by atoms with Gasteiger partial charge in [0, 0.05) is 5.69 Å². The Balaban J connectivity index is 2.26. The van der Waals surface area contributed by atoms with Gasteiger partial charge in [0.15, 0.2) is 0 Å². The Labute approximate surface area is 158 Å². The third-order valence-electron chi connectivity index (χ3n) is 3.65. The summed E-state index contributed by atoms with van der Waals surface area (Å²) in [6.45, 7) is 3.65. The number of hydrogen-bond acceptors (Lipinski definition) is 6. The van der Waals surface area contributed by atoms with Gasteiger partial charge >= 0.3 is 11.9 Å². The van der Waals surface area contributed by atoms with E-state index in [9.17, 15) is 14.4 Å². The van der Waals surface area contributed by atoms with Crippen LogP contribution in [0, 0.1) is 13.8 Å². The van der Waals surface area contributed by atoms with Gasteiger partial charge in [0.1, 0.15) is 6.54 Å². The van der Waals surface area contributed by atoms with E-state index in [0.717, 1.165) is 15.9 Å². The maximum Gasteiger partial charge on any atom is 0.337 e. The Hall–Kier alpha value is -2.68. The molecule has 26 heavy (non-hydrogen) atoms. The number of halogens is 1. The SMILES string of the molecule is COC(=O)c1cc(NC(=O)Cn2nc(C)c(Br)c2C)cc(C(=O)OC)c1. The summed E-state index contributed by atoms with van der Waals surface area (Å²) in [6.07, 6.45) is 0. The van der Waals surface area contributed by atoms with Crippen LogP contribution in [0.1, 0.15) is 32.1 Å². The molecule has 2 rings (SSSR count). The minimum Gasteiger partial charge on any atom is -0.465 e. The van der Waals surface area contributed by atoms with Gasteiger partial charge in [-0.2, -0.15) is 5.10 Å². The van der Waals surface area contributed by atoms with E-state index < -0.39 is 11.9 Å². The standard InChI is InChI=1S/C17H18BrN3O5/c1-9-15(18)10(2)21(20-9)8-14(22)19-13-6-11(16(23)25-3)5-12(7-13)17(24)26-4/h5-7H,8H2,1-4H3,(H,19,22). The first-order valence-electron chi connectivity index (χ1n) is 7.58. The molecule has 0 saturated carbocycles. The maximum atomic E-state index is 12.3. The lowest BCUT2D eigenvalue weighted by Gasteiger charge is -2.10. The van der Waals surface area contributed by atoms with Crippen molar-refractivity contribution in [3.8, 4) is 0 Å². The fraction of sp³-hybridized carbons (Fsp3) is 0.294. The Bertz CT molecular complexity index is 841. The molecule has 0 aliphatic rings. The van der Waals surface area contributed by atoms with Gasteiger partial charge < -0.3 is 14.8 Å². The number of nitrogens with one attached hydrogen (secondary N) is 1. The summed E-state index contributed by atoms with van der Waals surface area (Å²) < 4.78 is 11.7. The number of carbonyl (C=O) groups excluding carboxylic acids is 3. The van der Waals surface area contributed by atoms with E-state index in [-0.39, 0.29) is 29.3 Å². The van der Waals surface area contributed by atoms with Crippen molar-refractivity contribution in [3.05, 3.63) is 45.2 Å². The predicted octanol–water partition coefficient (Wildman–Crippen LogP) is 2.47. The van der Waals surface area contributed by atoms with Gasteiger partial charge in [-0.05, 0) is 48.0 Å². The molecule has 0 aliphatic carbocycles. The molecule has 0 saturated heterocycles. The number of rotatable bonds is 5. The Morgan fingerprint density at radius 1 is 1.08 bits per heavy atom. The first kappa shape index (κ1) is 19.6. The molecule has 1 amide bonds. The van der Waals surface area contributed by atoms with E-state index in [1.807, 2.05) is 13.8 Å². The molecule has 1 aromatic heterocycles. The van der Waals surface area contributed by atoms with Gasteiger partial charge in [-0.15, -0.1) is 0 Å². The highest BCUT2D eigenvalue weighted by atomic mass is 79.9. The lowest BCUT2D eigenvalue weighted by atomic mass is 10.1. The zero-order valence-corrected chi connectivity index (χ0v) is 16.3. The van der Waals surface area contributed by atoms with Crippen molar-refractivity contribution in [2.24, 2.45) is 0 Å². The fourth-order valence-corrected chi connectivity index (χ4v) is 2.62. The van der Waals surface area contributed by atoms with E-state index in [0.29, 0.717) is 0 Å². The molecule has 0 atom stereocenters. The van der Waals surface area contributed by atoms with E-state index in [1.54, 1.807) is 4.68 Å². The third kappa shape index (κ3) is 4.29. The monoisotopic (exact) mass is 423 g/mol. The summed E-state index contributed by atoms with van der Waals surface area (Å²) in [5, 5.41) is 6.92. The number of esters is 2. The van der Waals surface area contributed by atoms with Crippen LogP contribution in [-0.4, -0.2) is 41.8 Å². The number of nitrogens with zero attached hydrogens (tertiary/aromatic N) is 2. The zero-order chi connectivity index (χ0) is 19.4. The van der Waals surface area contributed by atoms with Crippen molar-refractivity contribution in [3.63, 3.8) is 0 Å². The van der Waals surface area contributed by atoms with Crippen molar-refractivity contribution in [1.29, 1.82) is 0 Å². The average Bonchev–Trinajstić information content (AvgIpc) is 2.86. The van der Waals surface area contributed by atoms with Gasteiger partial charge in [0.2, 0.25) is 5.91 Å². The van der Waals surface area contributed by atoms with E-state index in [4.69, 9.17) is 0 Å². The van der Waals surface area contributed by atoms with Crippen molar-refractivity contribution in [1.82, 2.24) is 9.78 Å². The van der Waals surface area contributed by atoms with Crippen LogP contribution in [0.2, 0.25) is 0 Å². The van der Waals surface area contributed by atoms with Gasteiger partial charge in [0.25, 0.3) is 0 Å². The van der Waals surface area contributed by atoms with E-state index >= 15 is 0 Å². The number of aryl methyl sites for hydroxylation is 1. The smallest absolute Gasteiger partial charge is 0.337 e. The quantitative estimate of drug-likeness (QED) is 0.741. The zero-order valence-electron chi connectivity index (χ0n) is 14.8. The van der Waals surface area contributed by atoms with E-state index in [1.165, 1.54) is 32.4 Å². The molecule has 0 bridgehead atoms. The molecule has 0 unspecified atom stereocenters. The number of benzene rings is 1. The number of aromatic nitrogens is 2. The van der Waals surface area contributed by atoms with Crippen molar-refractivity contribution < 1.29 is 23.9 Å². The summed E-state index contributed by atoms with van der Waals surface area (Å²) in [5.41, 5.74) is 2.12. The molecule has 0 fully saturated rings. The molecule has 0 aliphatic heterocycles. The van der Waals surface area contributed by atoms with Gasteiger partial charge in [-0.1, -0.05) is 0 Å². The van der Waals surface area contributed by atoms with Crippen LogP contribution >= 0.6 is 15.9 Å². The minimum atomic E-state index is -0.631. The van der Waals surface area contributed by atoms with Crippen molar-refractivity contribution in [2.45, 2.75) is 20.4 Å². The molecule has 2 aromatic rings. The summed E-state index contributed by atoms with van der Waals surface area (Å²) in [4.78, 5) is 35.9. The number of ether oxygens (including phenoxy) is 2. The molecule has 1 heterocycles. The average molecular weight is 424 g/mol.